The molecule has 1 heterocycles. The lowest BCUT2D eigenvalue weighted by atomic mass is 9.91. The number of fused-ring (bicyclic) bond motifs is 7. The lowest BCUT2D eigenvalue weighted by Gasteiger charge is -2.30. The van der Waals surface area contributed by atoms with Gasteiger partial charge in [0.1, 0.15) is 0 Å². The molecule has 0 atom stereocenters. The fourth-order valence-corrected chi connectivity index (χ4v) is 9.88. The first-order chi connectivity index (χ1) is 27.8. The molecule has 1 aromatic heterocycles. The maximum absolute atomic E-state index is 2.47. The molecule has 0 radical (unpaired) electrons. The van der Waals surface area contributed by atoms with Crippen LogP contribution >= 0.6 is 11.3 Å². The molecule has 0 aliphatic carbocycles. The number of anilines is 3. The molecule has 11 aromatic rings. The van der Waals surface area contributed by atoms with Crippen molar-refractivity contribution in [2.75, 3.05) is 4.90 Å². The second-order valence-electron chi connectivity index (χ2n) is 14.4. The lowest BCUT2D eigenvalue weighted by Crippen LogP contribution is -2.12. The van der Waals surface area contributed by atoms with Crippen molar-refractivity contribution in [2.24, 2.45) is 0 Å². The fraction of sp³-hybridized carbons (Fsp3) is 0. The van der Waals surface area contributed by atoms with Gasteiger partial charge in [-0.1, -0.05) is 170 Å². The van der Waals surface area contributed by atoms with Crippen LogP contribution in [0.15, 0.2) is 212 Å². The van der Waals surface area contributed by atoms with Crippen LogP contribution in [0.4, 0.5) is 17.1 Å². The first-order valence-electron chi connectivity index (χ1n) is 19.2. The van der Waals surface area contributed by atoms with Crippen molar-refractivity contribution < 1.29 is 0 Å². The van der Waals surface area contributed by atoms with E-state index in [0.29, 0.717) is 0 Å². The van der Waals surface area contributed by atoms with E-state index in [2.05, 4.69) is 217 Å². The molecule has 11 rings (SSSR count). The minimum Gasteiger partial charge on any atom is -0.309 e. The van der Waals surface area contributed by atoms with Gasteiger partial charge in [-0.15, -0.1) is 11.3 Å². The van der Waals surface area contributed by atoms with E-state index in [4.69, 9.17) is 0 Å². The van der Waals surface area contributed by atoms with Crippen LogP contribution in [0.25, 0.3) is 85.9 Å². The Balaban J connectivity index is 1.16. The second-order valence-corrected chi connectivity index (χ2v) is 15.5. The molecule has 0 bridgehead atoms. The van der Waals surface area contributed by atoms with Crippen molar-refractivity contribution in [1.82, 2.24) is 0 Å². The average Bonchev–Trinajstić information content (AvgIpc) is 3.66. The van der Waals surface area contributed by atoms with Crippen LogP contribution in [0, 0.1) is 0 Å². The number of nitrogens with zero attached hydrogens (tertiary/aromatic N) is 1. The molecule has 10 aromatic carbocycles. The van der Waals surface area contributed by atoms with Crippen molar-refractivity contribution in [3.05, 3.63) is 212 Å². The first kappa shape index (κ1) is 32.4. The third-order valence-corrected chi connectivity index (χ3v) is 12.4. The molecule has 0 fully saturated rings. The lowest BCUT2D eigenvalue weighted by molar-refractivity contribution is 1.29. The van der Waals surface area contributed by atoms with E-state index in [1.165, 1.54) is 85.9 Å². The van der Waals surface area contributed by atoms with Crippen LogP contribution in [0.1, 0.15) is 0 Å². The molecule has 0 aliphatic rings. The second kappa shape index (κ2) is 13.4. The van der Waals surface area contributed by atoms with Gasteiger partial charge < -0.3 is 4.90 Å². The maximum atomic E-state index is 2.47. The number of rotatable bonds is 6. The summed E-state index contributed by atoms with van der Waals surface area (Å²) in [4.78, 5) is 2.47. The molecule has 56 heavy (non-hydrogen) atoms. The zero-order valence-electron chi connectivity index (χ0n) is 30.6. The van der Waals surface area contributed by atoms with Gasteiger partial charge in [-0.2, -0.15) is 0 Å². The highest BCUT2D eigenvalue weighted by molar-refractivity contribution is 7.25. The molecular formula is C54H35NS. The molecule has 2 heteroatoms. The average molecular weight is 730 g/mol. The molecule has 0 spiro atoms. The molecule has 0 amide bonds. The predicted octanol–water partition coefficient (Wildman–Crippen LogP) is 16.0. The van der Waals surface area contributed by atoms with Gasteiger partial charge in [-0.05, 0) is 97.0 Å². The molecule has 262 valence electrons. The summed E-state index contributed by atoms with van der Waals surface area (Å²) in [6, 6.07) is 77.8. The van der Waals surface area contributed by atoms with E-state index >= 15 is 0 Å². The summed E-state index contributed by atoms with van der Waals surface area (Å²) in [6.45, 7) is 0. The number of hydrogen-bond donors (Lipinski definition) is 0. The van der Waals surface area contributed by atoms with E-state index in [-0.39, 0.29) is 0 Å². The van der Waals surface area contributed by atoms with Gasteiger partial charge in [0.25, 0.3) is 0 Å². The van der Waals surface area contributed by atoms with Crippen LogP contribution in [-0.4, -0.2) is 0 Å². The van der Waals surface area contributed by atoms with E-state index in [9.17, 15) is 0 Å². The zero-order valence-corrected chi connectivity index (χ0v) is 31.4. The SMILES string of the molecule is c1ccc(N(c2ccc(-c3cccc4sc5ccccc5c34)cc2)c2ccccc2-c2cc3ccccc3c3ccccc23)c(-c2cccc3ccccc23)c1. The molecule has 0 aliphatic heterocycles. The van der Waals surface area contributed by atoms with Gasteiger partial charge in [0.2, 0.25) is 0 Å². The summed E-state index contributed by atoms with van der Waals surface area (Å²) < 4.78 is 2.63. The van der Waals surface area contributed by atoms with E-state index in [0.717, 1.165) is 17.1 Å². The molecule has 0 saturated carbocycles. The van der Waals surface area contributed by atoms with Crippen LogP contribution < -0.4 is 4.90 Å². The van der Waals surface area contributed by atoms with E-state index in [1.807, 2.05) is 11.3 Å². The van der Waals surface area contributed by atoms with Crippen LogP contribution in [0.3, 0.4) is 0 Å². The highest BCUT2D eigenvalue weighted by Crippen LogP contribution is 2.48. The Labute approximate surface area is 330 Å². The molecule has 0 N–H and O–H groups in total. The van der Waals surface area contributed by atoms with Crippen LogP contribution in [0.5, 0.6) is 0 Å². The van der Waals surface area contributed by atoms with Crippen LogP contribution in [0.2, 0.25) is 0 Å². The Hall–Kier alpha value is -7.00. The quantitative estimate of drug-likeness (QED) is 0.154. The summed E-state index contributed by atoms with van der Waals surface area (Å²) in [5.74, 6) is 0. The third kappa shape index (κ3) is 5.30. The maximum Gasteiger partial charge on any atom is 0.0540 e. The number of para-hydroxylation sites is 2. The standard InChI is InChI=1S/C54H35NS/c1-3-18-40-36(15-1)17-13-26-44(40)46-22-7-10-27-50(46)55(39-33-31-37(32-34-39)42-25-14-30-53-54(42)48-24-9-12-29-52(48)56-53)51-28-11-8-23-47(51)49-35-38-16-2-4-19-41(38)43-20-5-6-21-45(43)49/h1-35H. The fourth-order valence-electron chi connectivity index (χ4n) is 8.74. The van der Waals surface area contributed by atoms with Gasteiger partial charge in [-0.25, -0.2) is 0 Å². The first-order valence-corrected chi connectivity index (χ1v) is 20.0. The minimum absolute atomic E-state index is 1.10. The van der Waals surface area contributed by atoms with Crippen molar-refractivity contribution in [1.29, 1.82) is 0 Å². The van der Waals surface area contributed by atoms with Crippen molar-refractivity contribution in [3.63, 3.8) is 0 Å². The zero-order chi connectivity index (χ0) is 37.0. The largest absolute Gasteiger partial charge is 0.309 e. The predicted molar refractivity (Wildman–Crippen MR) is 243 cm³/mol. The van der Waals surface area contributed by atoms with Gasteiger partial charge in [0.05, 0.1) is 11.4 Å². The summed E-state index contributed by atoms with van der Waals surface area (Å²) >= 11 is 1.87. The van der Waals surface area contributed by atoms with Crippen molar-refractivity contribution in [3.8, 4) is 33.4 Å². The Bertz CT molecular complexity index is 3260. The summed E-state index contributed by atoms with van der Waals surface area (Å²) in [5.41, 5.74) is 10.6. The highest BCUT2D eigenvalue weighted by Gasteiger charge is 2.22. The Morgan fingerprint density at radius 2 is 0.821 bits per heavy atom. The van der Waals surface area contributed by atoms with E-state index in [1.54, 1.807) is 0 Å². The molecule has 1 nitrogen and oxygen atoms in total. The minimum atomic E-state index is 1.10. The van der Waals surface area contributed by atoms with Gasteiger partial charge in [-0.3, -0.25) is 0 Å². The summed E-state index contributed by atoms with van der Waals surface area (Å²) in [6.07, 6.45) is 0. The summed E-state index contributed by atoms with van der Waals surface area (Å²) in [7, 11) is 0. The third-order valence-electron chi connectivity index (χ3n) is 11.3. The van der Waals surface area contributed by atoms with Gasteiger partial charge >= 0.3 is 0 Å². The van der Waals surface area contributed by atoms with Crippen molar-refractivity contribution in [2.45, 2.75) is 0 Å². The smallest absolute Gasteiger partial charge is 0.0540 e. The highest BCUT2D eigenvalue weighted by atomic mass is 32.1. The normalized spacial score (nSPS) is 11.6. The van der Waals surface area contributed by atoms with Gasteiger partial charge in [0, 0.05) is 37.0 Å². The number of hydrogen-bond acceptors (Lipinski definition) is 2. The topological polar surface area (TPSA) is 3.24 Å². The Morgan fingerprint density at radius 1 is 0.304 bits per heavy atom. The monoisotopic (exact) mass is 729 g/mol. The van der Waals surface area contributed by atoms with Gasteiger partial charge in [0.15, 0.2) is 0 Å². The number of benzene rings is 10. The van der Waals surface area contributed by atoms with E-state index < -0.39 is 0 Å². The molecule has 0 saturated heterocycles. The molecular weight excluding hydrogens is 695 g/mol. The molecule has 0 unspecified atom stereocenters. The summed E-state index contributed by atoms with van der Waals surface area (Å²) in [5, 5.41) is 10.1. The van der Waals surface area contributed by atoms with Crippen molar-refractivity contribution >= 4 is 80.9 Å². The Kier molecular flexibility index (Phi) is 7.75. The number of thiophene rings is 1. The Morgan fingerprint density at radius 3 is 1.61 bits per heavy atom. The van der Waals surface area contributed by atoms with Crippen LogP contribution in [-0.2, 0) is 0 Å².